The molecule has 1 saturated carbocycles. The molecular weight excluding hydrogens is 244 g/mol. The van der Waals surface area contributed by atoms with E-state index in [9.17, 15) is 14.7 Å². The summed E-state index contributed by atoms with van der Waals surface area (Å²) >= 11 is 0. The lowest BCUT2D eigenvalue weighted by atomic mass is 9.50. The Hall–Kier alpha value is -1.16. The average Bonchev–Trinajstić information content (AvgIpc) is 2.71. The number of esters is 1. The quantitative estimate of drug-likeness (QED) is 0.731. The zero-order valence-electron chi connectivity index (χ0n) is 11.5. The first-order chi connectivity index (χ1) is 8.90. The second-order valence-corrected chi connectivity index (χ2v) is 6.75. The number of aliphatic hydroxyl groups is 1. The number of aliphatic hydroxyl groups excluding tert-OH is 1. The molecule has 0 bridgehead atoms. The van der Waals surface area contributed by atoms with Gasteiger partial charge in [0.1, 0.15) is 12.4 Å². The molecule has 0 aromatic carbocycles. The number of ether oxygens (including phenoxy) is 1. The monoisotopic (exact) mass is 264 g/mol. The molecule has 3 aliphatic rings. The molecule has 0 aromatic heterocycles. The van der Waals surface area contributed by atoms with Gasteiger partial charge in [-0.25, -0.2) is 4.79 Å². The van der Waals surface area contributed by atoms with E-state index >= 15 is 0 Å². The van der Waals surface area contributed by atoms with Crippen molar-refractivity contribution < 1.29 is 19.4 Å². The third-order valence-corrected chi connectivity index (χ3v) is 5.47. The lowest BCUT2D eigenvalue weighted by Gasteiger charge is -2.53. The van der Waals surface area contributed by atoms with Gasteiger partial charge in [0.05, 0.1) is 0 Å². The number of rotatable bonds is 1. The minimum Gasteiger partial charge on any atom is -0.458 e. The molecule has 1 N–H and O–H groups in total. The summed E-state index contributed by atoms with van der Waals surface area (Å²) in [5, 5.41) is 9.75. The van der Waals surface area contributed by atoms with Crippen molar-refractivity contribution in [1.29, 1.82) is 0 Å². The summed E-state index contributed by atoms with van der Waals surface area (Å²) in [6.45, 7) is 4.42. The normalized spacial score (nSPS) is 41.9. The first kappa shape index (κ1) is 12.9. The highest BCUT2D eigenvalue weighted by molar-refractivity contribution is 5.93. The number of carbonyl (C=O) groups is 2. The predicted octanol–water partition coefficient (Wildman–Crippen LogP) is 1.62. The summed E-state index contributed by atoms with van der Waals surface area (Å²) in [5.41, 5.74) is 1.12. The lowest BCUT2D eigenvalue weighted by molar-refractivity contribution is -0.136. The highest BCUT2D eigenvalue weighted by Crippen LogP contribution is 2.59. The fraction of sp³-hybridized carbons (Fsp3) is 0.733. The summed E-state index contributed by atoms with van der Waals surface area (Å²) < 4.78 is 5.16. The van der Waals surface area contributed by atoms with Crippen LogP contribution in [0.3, 0.4) is 0 Å². The largest absolute Gasteiger partial charge is 0.458 e. The molecule has 0 spiro atoms. The Balaban J connectivity index is 2.09. The Bertz CT molecular complexity index is 492. The van der Waals surface area contributed by atoms with Crippen LogP contribution in [-0.2, 0) is 14.3 Å². The van der Waals surface area contributed by atoms with Gasteiger partial charge < -0.3 is 9.84 Å². The zero-order chi connectivity index (χ0) is 13.8. The molecule has 4 heteroatoms. The van der Waals surface area contributed by atoms with Crippen LogP contribution in [0.4, 0.5) is 0 Å². The van der Waals surface area contributed by atoms with Gasteiger partial charge in [-0.2, -0.15) is 0 Å². The Labute approximate surface area is 112 Å². The molecule has 19 heavy (non-hydrogen) atoms. The van der Waals surface area contributed by atoms with Gasteiger partial charge in [-0.15, -0.1) is 0 Å². The fourth-order valence-corrected chi connectivity index (χ4v) is 4.57. The van der Waals surface area contributed by atoms with E-state index in [2.05, 4.69) is 6.92 Å². The molecule has 1 heterocycles. The highest BCUT2D eigenvalue weighted by Gasteiger charge is 2.56. The molecule has 0 amide bonds. The first-order valence-corrected chi connectivity index (χ1v) is 6.93. The van der Waals surface area contributed by atoms with Gasteiger partial charge in [0.15, 0.2) is 0 Å². The van der Waals surface area contributed by atoms with Crippen molar-refractivity contribution in [1.82, 2.24) is 0 Å². The number of carbonyl (C=O) groups excluding carboxylic acids is 2. The van der Waals surface area contributed by atoms with Crippen molar-refractivity contribution in [2.75, 3.05) is 13.2 Å². The molecule has 3 rings (SSSR count). The Kier molecular flexibility index (Phi) is 2.65. The van der Waals surface area contributed by atoms with Gasteiger partial charge in [-0.3, -0.25) is 4.79 Å². The number of fused-ring (bicyclic) bond motifs is 2. The van der Waals surface area contributed by atoms with E-state index in [0.717, 1.165) is 24.0 Å². The number of hydrogen-bond donors (Lipinski definition) is 1. The van der Waals surface area contributed by atoms with Crippen LogP contribution in [0.25, 0.3) is 0 Å². The van der Waals surface area contributed by atoms with Gasteiger partial charge in [0, 0.05) is 35.9 Å². The fourth-order valence-electron chi connectivity index (χ4n) is 4.57. The topological polar surface area (TPSA) is 63.6 Å². The van der Waals surface area contributed by atoms with Crippen molar-refractivity contribution in [2.24, 2.45) is 16.7 Å². The summed E-state index contributed by atoms with van der Waals surface area (Å²) in [4.78, 5) is 23.8. The maximum atomic E-state index is 12.1. The standard InChI is InChI=1S/C15H20O4/c1-14(8-16)5-9(17)6-15(2)11-7-19-13(18)10(11)3-4-12(14)15/h12,16H,3-8H2,1-2H3/t12-,14+,15+/m1/s1. The van der Waals surface area contributed by atoms with Gasteiger partial charge in [-0.1, -0.05) is 13.8 Å². The second-order valence-electron chi connectivity index (χ2n) is 6.75. The number of hydrogen-bond acceptors (Lipinski definition) is 4. The van der Waals surface area contributed by atoms with E-state index in [1.165, 1.54) is 0 Å². The van der Waals surface area contributed by atoms with Crippen LogP contribution >= 0.6 is 0 Å². The van der Waals surface area contributed by atoms with Gasteiger partial charge in [0.2, 0.25) is 0 Å². The molecule has 4 nitrogen and oxygen atoms in total. The van der Waals surface area contributed by atoms with E-state index in [0.29, 0.717) is 19.4 Å². The van der Waals surface area contributed by atoms with Crippen molar-refractivity contribution in [3.63, 3.8) is 0 Å². The van der Waals surface area contributed by atoms with Gasteiger partial charge in [0.25, 0.3) is 0 Å². The molecule has 0 radical (unpaired) electrons. The van der Waals surface area contributed by atoms with Crippen molar-refractivity contribution in [3.05, 3.63) is 11.1 Å². The Morgan fingerprint density at radius 2 is 2.05 bits per heavy atom. The maximum absolute atomic E-state index is 12.1. The van der Waals surface area contributed by atoms with Crippen LogP contribution in [0, 0.1) is 16.7 Å². The predicted molar refractivity (Wildman–Crippen MR) is 68.2 cm³/mol. The van der Waals surface area contributed by atoms with E-state index in [4.69, 9.17) is 4.74 Å². The van der Waals surface area contributed by atoms with Crippen molar-refractivity contribution in [2.45, 2.75) is 39.5 Å². The van der Waals surface area contributed by atoms with Crippen molar-refractivity contribution >= 4 is 11.8 Å². The van der Waals surface area contributed by atoms with E-state index in [-0.39, 0.29) is 35.1 Å². The summed E-state index contributed by atoms with van der Waals surface area (Å²) in [5.74, 6) is 0.220. The second kappa shape index (κ2) is 3.92. The molecule has 2 aliphatic carbocycles. The number of cyclic esters (lactones) is 1. The molecular formula is C15H20O4. The van der Waals surface area contributed by atoms with Gasteiger partial charge in [-0.05, 0) is 24.3 Å². The minimum atomic E-state index is -0.367. The Morgan fingerprint density at radius 1 is 1.32 bits per heavy atom. The van der Waals surface area contributed by atoms with E-state index in [1.54, 1.807) is 0 Å². The molecule has 0 unspecified atom stereocenters. The third-order valence-electron chi connectivity index (χ3n) is 5.47. The summed E-state index contributed by atoms with van der Waals surface area (Å²) in [7, 11) is 0. The van der Waals surface area contributed by atoms with Crippen LogP contribution in [0.15, 0.2) is 11.1 Å². The van der Waals surface area contributed by atoms with Gasteiger partial charge >= 0.3 is 5.97 Å². The summed E-state index contributed by atoms with van der Waals surface area (Å²) in [6.07, 6.45) is 2.50. The zero-order valence-corrected chi connectivity index (χ0v) is 11.5. The average molecular weight is 264 g/mol. The van der Waals surface area contributed by atoms with Crippen LogP contribution < -0.4 is 0 Å². The van der Waals surface area contributed by atoms with E-state index < -0.39 is 0 Å². The third kappa shape index (κ3) is 1.62. The highest BCUT2D eigenvalue weighted by atomic mass is 16.5. The molecule has 0 aromatic rings. The van der Waals surface area contributed by atoms with Crippen LogP contribution in [-0.4, -0.2) is 30.1 Å². The van der Waals surface area contributed by atoms with Crippen LogP contribution in [0.1, 0.15) is 39.5 Å². The first-order valence-electron chi connectivity index (χ1n) is 6.93. The molecule has 104 valence electrons. The number of ketones is 1. The van der Waals surface area contributed by atoms with Crippen LogP contribution in [0.5, 0.6) is 0 Å². The minimum absolute atomic E-state index is 0.0242. The molecule has 1 fully saturated rings. The molecule has 0 saturated heterocycles. The smallest absolute Gasteiger partial charge is 0.334 e. The Morgan fingerprint density at radius 3 is 2.74 bits per heavy atom. The van der Waals surface area contributed by atoms with Crippen molar-refractivity contribution in [3.8, 4) is 0 Å². The molecule has 1 aliphatic heterocycles. The summed E-state index contributed by atoms with van der Waals surface area (Å²) in [6, 6.07) is 0. The lowest BCUT2D eigenvalue weighted by Crippen LogP contribution is -2.51. The SMILES string of the molecule is C[C@@]1(CO)CC(=O)C[C@@]2(C)C3=C(CC[C@H]12)C(=O)OC3. The number of Topliss-reactive ketones (excluding diaryl/α,β-unsaturated/α-hetero) is 1. The maximum Gasteiger partial charge on any atom is 0.334 e. The molecule has 3 atom stereocenters. The van der Waals surface area contributed by atoms with E-state index in [1.807, 2.05) is 6.92 Å². The van der Waals surface area contributed by atoms with Crippen LogP contribution in [0.2, 0.25) is 0 Å².